The van der Waals surface area contributed by atoms with Crippen molar-refractivity contribution in [3.63, 3.8) is 0 Å². The standard InChI is InChI=1S/C6H6FNO2S.Li.H/c7-5-3-1-2-4-6(5)11(8,9)10;;/h1-4H,(H2,8,9,10);;. The van der Waals surface area contributed by atoms with E-state index in [2.05, 4.69) is 5.14 Å². The van der Waals surface area contributed by atoms with Crippen LogP contribution in [-0.2, 0) is 10.0 Å². The normalized spacial score (nSPS) is 10.5. The van der Waals surface area contributed by atoms with Gasteiger partial charge in [0.05, 0.1) is 0 Å². The third-order valence-electron chi connectivity index (χ3n) is 1.14. The van der Waals surface area contributed by atoms with Gasteiger partial charge in [-0.15, -0.1) is 0 Å². The fourth-order valence-corrected chi connectivity index (χ4v) is 1.28. The van der Waals surface area contributed by atoms with Crippen LogP contribution >= 0.6 is 0 Å². The summed E-state index contributed by atoms with van der Waals surface area (Å²) in [4.78, 5) is -0.472. The minimum atomic E-state index is -3.91. The number of benzene rings is 1. The molecule has 0 amide bonds. The molecule has 0 aromatic heterocycles. The number of halogens is 1. The molecular weight excluding hydrogens is 176 g/mol. The average Bonchev–Trinajstić information content (AvgIpc) is 1.86. The van der Waals surface area contributed by atoms with E-state index in [1.54, 1.807) is 0 Å². The first-order valence-corrected chi connectivity index (χ1v) is 4.34. The Morgan fingerprint density at radius 2 is 1.75 bits per heavy atom. The third kappa shape index (κ3) is 2.61. The van der Waals surface area contributed by atoms with Crippen molar-refractivity contribution >= 4 is 28.9 Å². The van der Waals surface area contributed by atoms with E-state index in [1.807, 2.05) is 0 Å². The van der Waals surface area contributed by atoms with Gasteiger partial charge in [-0.2, -0.15) is 0 Å². The second kappa shape index (κ2) is 4.05. The van der Waals surface area contributed by atoms with E-state index >= 15 is 0 Å². The van der Waals surface area contributed by atoms with Crippen molar-refractivity contribution < 1.29 is 12.8 Å². The summed E-state index contributed by atoms with van der Waals surface area (Å²) in [6.07, 6.45) is 0. The van der Waals surface area contributed by atoms with Crippen LogP contribution in [0.15, 0.2) is 29.2 Å². The van der Waals surface area contributed by atoms with E-state index in [9.17, 15) is 12.8 Å². The van der Waals surface area contributed by atoms with Gasteiger partial charge in [-0.25, -0.2) is 17.9 Å². The van der Waals surface area contributed by atoms with Crippen molar-refractivity contribution in [1.29, 1.82) is 0 Å². The summed E-state index contributed by atoms with van der Waals surface area (Å²) in [5, 5.41) is 4.69. The van der Waals surface area contributed by atoms with E-state index in [-0.39, 0.29) is 18.9 Å². The summed E-state index contributed by atoms with van der Waals surface area (Å²) in [6, 6.07) is 4.96. The first-order valence-electron chi connectivity index (χ1n) is 2.79. The van der Waals surface area contributed by atoms with Crippen LogP contribution in [0, 0.1) is 5.82 Å². The van der Waals surface area contributed by atoms with Gasteiger partial charge in [0, 0.05) is 0 Å². The molecule has 0 aliphatic heterocycles. The maximum atomic E-state index is 12.6. The van der Waals surface area contributed by atoms with Crippen molar-refractivity contribution in [3.05, 3.63) is 30.1 Å². The Morgan fingerprint density at radius 1 is 1.25 bits per heavy atom. The molecule has 0 fully saturated rings. The fraction of sp³-hybridized carbons (Fsp3) is 0. The second-order valence-electron chi connectivity index (χ2n) is 1.98. The molecule has 0 heterocycles. The molecule has 0 saturated carbocycles. The Hall–Kier alpha value is -0.343. The zero-order chi connectivity index (χ0) is 8.48. The molecule has 0 unspecified atom stereocenters. The zero-order valence-corrected chi connectivity index (χ0v) is 6.31. The number of sulfonamides is 1. The summed E-state index contributed by atoms with van der Waals surface area (Å²) in [5.74, 6) is -0.824. The molecule has 0 aliphatic carbocycles. The van der Waals surface area contributed by atoms with Crippen LogP contribution in [0.5, 0.6) is 0 Å². The molecule has 6 heteroatoms. The van der Waals surface area contributed by atoms with E-state index in [0.717, 1.165) is 12.1 Å². The Kier molecular flexibility index (Phi) is 3.94. The Balaban J connectivity index is 0.00000121. The molecule has 0 spiro atoms. The van der Waals surface area contributed by atoms with Crippen molar-refractivity contribution in [2.45, 2.75) is 4.90 Å². The van der Waals surface area contributed by atoms with Gasteiger partial charge in [0.1, 0.15) is 10.7 Å². The predicted molar refractivity (Wildman–Crippen MR) is 44.9 cm³/mol. The number of hydrogen-bond donors (Lipinski definition) is 1. The maximum absolute atomic E-state index is 12.6. The molecule has 62 valence electrons. The van der Waals surface area contributed by atoms with E-state index in [1.165, 1.54) is 12.1 Å². The number of primary sulfonamides is 1. The molecule has 0 aliphatic rings. The monoisotopic (exact) mass is 183 g/mol. The molecule has 12 heavy (non-hydrogen) atoms. The summed E-state index contributed by atoms with van der Waals surface area (Å²) in [5.41, 5.74) is 0. The molecule has 1 aromatic rings. The summed E-state index contributed by atoms with van der Waals surface area (Å²) < 4.78 is 33.8. The molecule has 2 N–H and O–H groups in total. The van der Waals surface area contributed by atoms with Crippen LogP contribution < -0.4 is 5.14 Å². The number of rotatable bonds is 1. The third-order valence-corrected chi connectivity index (χ3v) is 2.09. The van der Waals surface area contributed by atoms with Crippen LogP contribution in [0.25, 0.3) is 0 Å². The molecular formula is C6H7FLiNO2S. The molecule has 1 rings (SSSR count). The Morgan fingerprint density at radius 3 is 2.08 bits per heavy atom. The van der Waals surface area contributed by atoms with Crippen molar-refractivity contribution in [2.24, 2.45) is 5.14 Å². The topological polar surface area (TPSA) is 60.2 Å². The van der Waals surface area contributed by atoms with Gasteiger partial charge < -0.3 is 0 Å². The van der Waals surface area contributed by atoms with E-state index < -0.39 is 20.7 Å². The van der Waals surface area contributed by atoms with Crippen LogP contribution in [0.3, 0.4) is 0 Å². The summed E-state index contributed by atoms with van der Waals surface area (Å²) >= 11 is 0. The minimum absolute atomic E-state index is 0. The molecule has 0 saturated heterocycles. The summed E-state index contributed by atoms with van der Waals surface area (Å²) in [7, 11) is -3.91. The van der Waals surface area contributed by atoms with Gasteiger partial charge in [-0.3, -0.25) is 0 Å². The first kappa shape index (κ1) is 11.7. The van der Waals surface area contributed by atoms with E-state index in [4.69, 9.17) is 0 Å². The van der Waals surface area contributed by atoms with Crippen LogP contribution in [-0.4, -0.2) is 27.3 Å². The molecule has 0 bridgehead atoms. The molecule has 3 nitrogen and oxygen atoms in total. The predicted octanol–water partition coefficient (Wildman–Crippen LogP) is -0.175. The quantitative estimate of drug-likeness (QED) is 0.614. The molecule has 1 aromatic carbocycles. The Labute approximate surface area is 82.0 Å². The van der Waals surface area contributed by atoms with Gasteiger partial charge in [0.15, 0.2) is 0 Å². The van der Waals surface area contributed by atoms with Gasteiger partial charge in [-0.1, -0.05) is 12.1 Å². The van der Waals surface area contributed by atoms with Crippen molar-refractivity contribution in [3.8, 4) is 0 Å². The Bertz CT molecular complexity index is 366. The fourth-order valence-electron chi connectivity index (χ4n) is 0.675. The van der Waals surface area contributed by atoms with Crippen LogP contribution in [0.4, 0.5) is 4.39 Å². The number of hydrogen-bond acceptors (Lipinski definition) is 2. The van der Waals surface area contributed by atoms with Gasteiger partial charge >= 0.3 is 18.9 Å². The van der Waals surface area contributed by atoms with E-state index in [0.29, 0.717) is 0 Å². The van der Waals surface area contributed by atoms with Crippen LogP contribution in [0.1, 0.15) is 0 Å². The molecule has 0 atom stereocenters. The number of nitrogens with two attached hydrogens (primary N) is 1. The SMILES string of the molecule is NS(=O)(=O)c1ccccc1F.[LiH]. The second-order valence-corrected chi connectivity index (χ2v) is 3.51. The van der Waals surface area contributed by atoms with Crippen molar-refractivity contribution in [2.75, 3.05) is 0 Å². The summed E-state index contributed by atoms with van der Waals surface area (Å²) in [6.45, 7) is 0. The van der Waals surface area contributed by atoms with Gasteiger partial charge in [0.2, 0.25) is 10.0 Å². The molecule has 0 radical (unpaired) electrons. The van der Waals surface area contributed by atoms with Gasteiger partial charge in [0.25, 0.3) is 0 Å². The van der Waals surface area contributed by atoms with Gasteiger partial charge in [-0.05, 0) is 12.1 Å². The van der Waals surface area contributed by atoms with Crippen LogP contribution in [0.2, 0.25) is 0 Å². The zero-order valence-electron chi connectivity index (χ0n) is 5.49. The van der Waals surface area contributed by atoms with Crippen molar-refractivity contribution in [1.82, 2.24) is 0 Å². The first-order chi connectivity index (χ1) is 5.02. The average molecular weight is 183 g/mol.